The van der Waals surface area contributed by atoms with Gasteiger partial charge in [0.25, 0.3) is 0 Å². The summed E-state index contributed by atoms with van der Waals surface area (Å²) in [6.07, 6.45) is 0. The third-order valence-electron chi connectivity index (χ3n) is 3.80. The third kappa shape index (κ3) is 4.05. The van der Waals surface area contributed by atoms with Crippen molar-refractivity contribution in [2.75, 3.05) is 0 Å². The Hall–Kier alpha value is -1.12. The van der Waals surface area contributed by atoms with Gasteiger partial charge in [-0.3, -0.25) is 0 Å². The maximum absolute atomic E-state index is 12.6. The van der Waals surface area contributed by atoms with E-state index in [9.17, 15) is 9.59 Å². The van der Waals surface area contributed by atoms with Crippen LogP contribution < -0.4 is 0 Å². The summed E-state index contributed by atoms with van der Waals surface area (Å²) in [7, 11) is 13.2. The van der Waals surface area contributed by atoms with E-state index in [0.29, 0.717) is 11.1 Å². The molecule has 0 N–H and O–H groups in total. The van der Waals surface area contributed by atoms with Crippen molar-refractivity contribution in [3.63, 3.8) is 0 Å². The Kier molecular flexibility index (Phi) is 6.05. The first kappa shape index (κ1) is 18.2. The van der Waals surface area contributed by atoms with Gasteiger partial charge in [-0.1, -0.05) is 0 Å². The van der Waals surface area contributed by atoms with Crippen LogP contribution in [-0.4, -0.2) is 22.6 Å². The van der Waals surface area contributed by atoms with Crippen molar-refractivity contribution in [3.8, 4) is 0 Å². The van der Waals surface area contributed by atoms with Crippen LogP contribution in [0.5, 0.6) is 0 Å². The Morgan fingerprint density at radius 2 is 1.04 bits per heavy atom. The van der Waals surface area contributed by atoms with Crippen molar-refractivity contribution >= 4 is 42.8 Å². The van der Waals surface area contributed by atoms with E-state index in [1.54, 1.807) is 62.4 Å². The molecule has 0 saturated heterocycles. The molecule has 2 nitrogen and oxygen atoms in total. The molecule has 0 aliphatic heterocycles. The number of ketones is 2. The van der Waals surface area contributed by atoms with Gasteiger partial charge in [-0.15, -0.1) is 0 Å². The molecule has 122 valence electrons. The van der Waals surface area contributed by atoms with Crippen molar-refractivity contribution in [1.82, 2.24) is 0 Å². The Morgan fingerprint density at radius 3 is 1.35 bits per heavy atom. The molecule has 23 heavy (non-hydrogen) atoms. The monoisotopic (exact) mass is 416 g/mol. The molecule has 0 saturated carbocycles. The minimum atomic E-state index is -3.37. The minimum absolute atomic E-state index is 0.108. The van der Waals surface area contributed by atoms with Gasteiger partial charge in [-0.05, 0) is 0 Å². The van der Waals surface area contributed by atoms with E-state index in [1.807, 2.05) is 12.1 Å². The number of carbonyl (C=O) groups is 2. The molecule has 0 fully saturated rings. The van der Waals surface area contributed by atoms with Crippen LogP contribution in [0.4, 0.5) is 0 Å². The SMILES string of the molecule is CC(C(=O)c1ccccc1)[Se](Cl)(Cl)C(C)C(=O)c1ccccc1. The third-order valence-corrected chi connectivity index (χ3v) is 14.2. The van der Waals surface area contributed by atoms with Crippen LogP contribution in [0.1, 0.15) is 34.6 Å². The second kappa shape index (κ2) is 7.63. The van der Waals surface area contributed by atoms with Crippen molar-refractivity contribution in [2.24, 2.45) is 0 Å². The van der Waals surface area contributed by atoms with E-state index in [4.69, 9.17) is 20.2 Å². The Balaban J connectivity index is 2.22. The predicted molar refractivity (Wildman–Crippen MR) is 97.9 cm³/mol. The summed E-state index contributed by atoms with van der Waals surface area (Å²) in [6.45, 7) is 3.45. The van der Waals surface area contributed by atoms with Crippen molar-refractivity contribution in [3.05, 3.63) is 71.8 Å². The Labute approximate surface area is 147 Å². The van der Waals surface area contributed by atoms with Crippen LogP contribution in [0.25, 0.3) is 0 Å². The molecule has 0 bridgehead atoms. The van der Waals surface area contributed by atoms with Crippen molar-refractivity contribution in [2.45, 2.75) is 23.5 Å². The summed E-state index contributed by atoms with van der Waals surface area (Å²) in [5, 5.41) is 0. The zero-order valence-electron chi connectivity index (χ0n) is 12.9. The molecule has 0 heterocycles. The molecule has 2 rings (SSSR count). The van der Waals surface area contributed by atoms with E-state index >= 15 is 0 Å². The fraction of sp³-hybridized carbons (Fsp3) is 0.222. The van der Waals surface area contributed by atoms with Crippen molar-refractivity contribution < 1.29 is 9.59 Å². The van der Waals surface area contributed by atoms with Gasteiger partial charge < -0.3 is 0 Å². The number of halogens is 2. The van der Waals surface area contributed by atoms with Gasteiger partial charge in [-0.2, -0.15) is 0 Å². The molecule has 5 heteroatoms. The molecule has 0 spiro atoms. The fourth-order valence-electron chi connectivity index (χ4n) is 2.27. The van der Waals surface area contributed by atoms with Gasteiger partial charge in [-0.25, -0.2) is 0 Å². The standard InChI is InChI=1S/C18H18Cl2O2Se/c1-13(17(21)15-9-5-3-6-10-15)23(19,20)14(2)18(22)16-11-7-4-8-12-16/h3-14H,1-2H3. The molecule has 0 aliphatic carbocycles. The number of Topliss-reactive ketones (excluding diaryl/α,β-unsaturated/α-hetero) is 2. The van der Waals surface area contributed by atoms with E-state index in [2.05, 4.69) is 0 Å². The second-order valence-electron chi connectivity index (χ2n) is 5.30. The van der Waals surface area contributed by atoms with E-state index in [1.165, 1.54) is 0 Å². The number of carbonyl (C=O) groups excluding carboxylic acids is 2. The summed E-state index contributed by atoms with van der Waals surface area (Å²) >= 11 is -3.37. The average molecular weight is 416 g/mol. The Bertz CT molecular complexity index is 627. The number of benzene rings is 2. The van der Waals surface area contributed by atoms with Crippen LogP contribution in [-0.2, 0) is 0 Å². The first-order valence-electron chi connectivity index (χ1n) is 7.24. The molecule has 0 radical (unpaired) electrons. The summed E-state index contributed by atoms with van der Waals surface area (Å²) in [5.41, 5.74) is 1.14. The fourth-order valence-corrected chi connectivity index (χ4v) is 7.00. The van der Waals surface area contributed by atoms with Crippen LogP contribution >= 0.6 is 20.2 Å². The molecule has 2 aromatic rings. The summed E-state index contributed by atoms with van der Waals surface area (Å²) < 4.78 is 0. The normalized spacial score (nSPS) is 14.8. The van der Waals surface area contributed by atoms with Crippen LogP contribution in [0, 0.1) is 0 Å². The molecule has 0 amide bonds. The summed E-state index contributed by atoms with van der Waals surface area (Å²) in [6, 6.07) is 17.8. The van der Waals surface area contributed by atoms with Gasteiger partial charge in [0.2, 0.25) is 0 Å². The molecule has 2 atom stereocenters. The summed E-state index contributed by atoms with van der Waals surface area (Å²) in [5.74, 6) is -0.216. The topological polar surface area (TPSA) is 34.1 Å². The maximum atomic E-state index is 12.6. The molecule has 0 aliphatic rings. The van der Waals surface area contributed by atoms with Crippen molar-refractivity contribution in [1.29, 1.82) is 0 Å². The molecule has 2 aromatic carbocycles. The second-order valence-corrected chi connectivity index (χ2v) is 16.7. The number of hydrogen-bond acceptors (Lipinski definition) is 2. The zero-order valence-corrected chi connectivity index (χ0v) is 16.1. The van der Waals surface area contributed by atoms with Gasteiger partial charge in [0.1, 0.15) is 0 Å². The molecule has 0 aromatic heterocycles. The van der Waals surface area contributed by atoms with Gasteiger partial charge in [0.05, 0.1) is 0 Å². The first-order chi connectivity index (χ1) is 10.9. The first-order valence-corrected chi connectivity index (χ1v) is 13.7. The van der Waals surface area contributed by atoms with Crippen LogP contribution in [0.15, 0.2) is 60.7 Å². The summed E-state index contributed by atoms with van der Waals surface area (Å²) in [4.78, 5) is 24.1. The number of rotatable bonds is 6. The molecular weight excluding hydrogens is 398 g/mol. The van der Waals surface area contributed by atoms with Gasteiger partial charge in [0.15, 0.2) is 0 Å². The van der Waals surface area contributed by atoms with E-state index in [0.717, 1.165) is 0 Å². The predicted octanol–water partition coefficient (Wildman–Crippen LogP) is 5.45. The van der Waals surface area contributed by atoms with Crippen LogP contribution in [0.3, 0.4) is 0 Å². The van der Waals surface area contributed by atoms with Crippen LogP contribution in [0.2, 0.25) is 9.63 Å². The van der Waals surface area contributed by atoms with E-state index < -0.39 is 20.7 Å². The molecular formula is C18H18Cl2O2Se. The van der Waals surface area contributed by atoms with Gasteiger partial charge in [0, 0.05) is 0 Å². The number of hydrogen-bond donors (Lipinski definition) is 0. The molecule has 2 unspecified atom stereocenters. The zero-order chi connectivity index (χ0) is 17.0. The Morgan fingerprint density at radius 1 is 0.739 bits per heavy atom. The van der Waals surface area contributed by atoms with Gasteiger partial charge >= 0.3 is 148 Å². The quantitative estimate of drug-likeness (QED) is 0.464. The van der Waals surface area contributed by atoms with E-state index in [-0.39, 0.29) is 11.6 Å². The average Bonchev–Trinajstić information content (AvgIpc) is 2.60.